The lowest BCUT2D eigenvalue weighted by Crippen LogP contribution is -2.35. The van der Waals surface area contributed by atoms with Crippen molar-refractivity contribution in [3.05, 3.63) is 11.4 Å². The maximum absolute atomic E-state index is 12.3. The second-order valence-electron chi connectivity index (χ2n) is 4.13. The number of nitrogens with zero attached hydrogens (tertiary/aromatic N) is 1. The van der Waals surface area contributed by atoms with E-state index in [-0.39, 0.29) is 10.9 Å². The van der Waals surface area contributed by atoms with Gasteiger partial charge in [0.05, 0.1) is 11.4 Å². The van der Waals surface area contributed by atoms with E-state index in [0.717, 1.165) is 5.75 Å². The highest BCUT2D eigenvalue weighted by molar-refractivity contribution is 7.98. The Kier molecular flexibility index (Phi) is 5.64. The van der Waals surface area contributed by atoms with Crippen LogP contribution in [0.1, 0.15) is 18.3 Å². The third-order valence-electron chi connectivity index (χ3n) is 2.35. The third-order valence-corrected chi connectivity index (χ3v) is 4.97. The molecule has 0 aliphatic rings. The van der Waals surface area contributed by atoms with Crippen molar-refractivity contribution in [2.45, 2.75) is 31.3 Å². The van der Waals surface area contributed by atoms with E-state index in [0.29, 0.717) is 17.9 Å². The first-order valence-electron chi connectivity index (χ1n) is 5.62. The fourth-order valence-electron chi connectivity index (χ4n) is 1.72. The number of hydrogen-bond acceptors (Lipinski definition) is 5. The normalized spacial score (nSPS) is 13.8. The molecule has 0 aliphatic heterocycles. The van der Waals surface area contributed by atoms with Gasteiger partial charge in [-0.25, -0.2) is 13.1 Å². The first kappa shape index (κ1) is 15.5. The van der Waals surface area contributed by atoms with Gasteiger partial charge in [0.25, 0.3) is 0 Å². The molecule has 0 radical (unpaired) electrons. The highest BCUT2D eigenvalue weighted by Gasteiger charge is 2.25. The Labute approximate surface area is 112 Å². The molecular weight excluding hydrogens is 272 g/mol. The fraction of sp³-hybridized carbons (Fsp3) is 0.700. The summed E-state index contributed by atoms with van der Waals surface area (Å²) in [5.74, 6) is 0.734. The number of rotatable bonds is 7. The van der Waals surface area contributed by atoms with Gasteiger partial charge in [-0.3, -0.25) is 5.10 Å². The van der Waals surface area contributed by atoms with E-state index in [2.05, 4.69) is 20.2 Å². The van der Waals surface area contributed by atoms with Crippen LogP contribution in [0.4, 0.5) is 0 Å². The summed E-state index contributed by atoms with van der Waals surface area (Å²) in [6.45, 7) is 3.97. The van der Waals surface area contributed by atoms with Crippen molar-refractivity contribution in [2.75, 3.05) is 19.1 Å². The number of nitrogens with one attached hydrogen (secondary N) is 3. The monoisotopic (exact) mass is 292 g/mol. The Balaban J connectivity index is 3.00. The van der Waals surface area contributed by atoms with Gasteiger partial charge >= 0.3 is 0 Å². The van der Waals surface area contributed by atoms with Crippen molar-refractivity contribution >= 4 is 21.8 Å². The van der Waals surface area contributed by atoms with Gasteiger partial charge in [0.2, 0.25) is 10.0 Å². The number of sulfonamides is 1. The standard InChI is InChI=1S/C10H20N4O2S2/c1-7(6-17-4)14-18(15,16)10-8(2)12-13-9(10)5-11-3/h7,11,14H,5-6H2,1-4H3,(H,12,13). The van der Waals surface area contributed by atoms with Gasteiger partial charge in [-0.15, -0.1) is 0 Å². The average Bonchev–Trinajstić information content (AvgIpc) is 2.60. The lowest BCUT2D eigenvalue weighted by molar-refractivity contribution is 0.568. The molecule has 1 aromatic rings. The van der Waals surface area contributed by atoms with Gasteiger partial charge in [-0.1, -0.05) is 0 Å². The summed E-state index contributed by atoms with van der Waals surface area (Å²) in [7, 11) is -1.76. The lowest BCUT2D eigenvalue weighted by atomic mass is 10.4. The first-order valence-corrected chi connectivity index (χ1v) is 8.49. The lowest BCUT2D eigenvalue weighted by Gasteiger charge is -2.13. The van der Waals surface area contributed by atoms with Gasteiger partial charge in [-0.05, 0) is 27.2 Å². The molecule has 1 heterocycles. The zero-order valence-corrected chi connectivity index (χ0v) is 12.7. The molecule has 8 heteroatoms. The molecule has 0 amide bonds. The van der Waals surface area contributed by atoms with Gasteiger partial charge < -0.3 is 5.32 Å². The minimum Gasteiger partial charge on any atom is -0.314 e. The van der Waals surface area contributed by atoms with E-state index in [1.54, 1.807) is 25.7 Å². The molecule has 0 spiro atoms. The van der Waals surface area contributed by atoms with Gasteiger partial charge in [0, 0.05) is 18.3 Å². The molecule has 0 aromatic carbocycles. The van der Waals surface area contributed by atoms with Gasteiger partial charge in [-0.2, -0.15) is 16.9 Å². The number of aromatic nitrogens is 2. The smallest absolute Gasteiger partial charge is 0.244 e. The molecule has 18 heavy (non-hydrogen) atoms. The van der Waals surface area contributed by atoms with Crippen LogP contribution < -0.4 is 10.0 Å². The summed E-state index contributed by atoms with van der Waals surface area (Å²) >= 11 is 1.60. The molecule has 6 nitrogen and oxygen atoms in total. The Morgan fingerprint density at radius 3 is 2.72 bits per heavy atom. The Morgan fingerprint density at radius 2 is 2.17 bits per heavy atom. The Hall–Kier alpha value is -0.570. The number of aryl methyl sites for hydroxylation is 1. The van der Waals surface area contributed by atoms with Crippen LogP contribution in [0, 0.1) is 6.92 Å². The van der Waals surface area contributed by atoms with Crippen molar-refractivity contribution < 1.29 is 8.42 Å². The summed E-state index contributed by atoms with van der Waals surface area (Å²) in [4.78, 5) is 0.254. The molecule has 1 atom stereocenters. The topological polar surface area (TPSA) is 86.9 Å². The SMILES string of the molecule is CNCc1n[nH]c(C)c1S(=O)(=O)NC(C)CSC. The zero-order valence-electron chi connectivity index (χ0n) is 11.1. The van der Waals surface area contributed by atoms with Crippen LogP contribution in [0.15, 0.2) is 4.90 Å². The largest absolute Gasteiger partial charge is 0.314 e. The fourth-order valence-corrected chi connectivity index (χ4v) is 4.02. The molecular formula is C10H20N4O2S2. The van der Waals surface area contributed by atoms with E-state index in [9.17, 15) is 8.42 Å². The van der Waals surface area contributed by atoms with Crippen LogP contribution in [0.25, 0.3) is 0 Å². The van der Waals surface area contributed by atoms with Crippen molar-refractivity contribution in [3.8, 4) is 0 Å². The minimum absolute atomic E-state index is 0.110. The van der Waals surface area contributed by atoms with E-state index < -0.39 is 10.0 Å². The van der Waals surface area contributed by atoms with Crippen LogP contribution in [0.3, 0.4) is 0 Å². The quantitative estimate of drug-likeness (QED) is 0.680. The van der Waals surface area contributed by atoms with Crippen molar-refractivity contribution in [1.82, 2.24) is 20.2 Å². The highest BCUT2D eigenvalue weighted by atomic mass is 32.2. The molecule has 0 fully saturated rings. The van der Waals surface area contributed by atoms with Crippen LogP contribution in [-0.4, -0.2) is 43.7 Å². The molecule has 0 bridgehead atoms. The summed E-state index contributed by atoms with van der Waals surface area (Å²) < 4.78 is 27.2. The Bertz CT molecular complexity index is 484. The van der Waals surface area contributed by atoms with Crippen molar-refractivity contribution in [1.29, 1.82) is 0 Å². The average molecular weight is 292 g/mol. The number of H-pyrrole nitrogens is 1. The minimum atomic E-state index is -3.52. The van der Waals surface area contributed by atoms with Crippen LogP contribution in [0.5, 0.6) is 0 Å². The third kappa shape index (κ3) is 3.71. The predicted octanol–water partition coefficient (Wildman–Crippen LogP) is 0.467. The van der Waals surface area contributed by atoms with Crippen molar-refractivity contribution in [2.24, 2.45) is 0 Å². The molecule has 0 saturated carbocycles. The van der Waals surface area contributed by atoms with Crippen LogP contribution >= 0.6 is 11.8 Å². The summed E-state index contributed by atoms with van der Waals surface area (Å²) in [6, 6.07) is -0.110. The molecule has 0 aliphatic carbocycles. The maximum Gasteiger partial charge on any atom is 0.244 e. The molecule has 1 rings (SSSR count). The first-order chi connectivity index (χ1) is 8.42. The molecule has 1 aromatic heterocycles. The van der Waals surface area contributed by atoms with Crippen LogP contribution in [-0.2, 0) is 16.6 Å². The summed E-state index contributed by atoms with van der Waals surface area (Å²) in [5.41, 5.74) is 1.07. The number of aromatic amines is 1. The summed E-state index contributed by atoms with van der Waals surface area (Å²) in [5, 5.41) is 9.64. The van der Waals surface area contributed by atoms with E-state index in [1.807, 2.05) is 13.2 Å². The van der Waals surface area contributed by atoms with Crippen LogP contribution in [0.2, 0.25) is 0 Å². The second kappa shape index (κ2) is 6.55. The van der Waals surface area contributed by atoms with Gasteiger partial charge in [0.15, 0.2) is 0 Å². The molecule has 3 N–H and O–H groups in total. The molecule has 0 saturated heterocycles. The van der Waals surface area contributed by atoms with Gasteiger partial charge in [0.1, 0.15) is 4.90 Å². The highest BCUT2D eigenvalue weighted by Crippen LogP contribution is 2.18. The van der Waals surface area contributed by atoms with E-state index >= 15 is 0 Å². The second-order valence-corrected chi connectivity index (χ2v) is 6.69. The zero-order chi connectivity index (χ0) is 13.8. The molecule has 1 unspecified atom stereocenters. The summed E-state index contributed by atoms with van der Waals surface area (Å²) in [6.07, 6.45) is 1.94. The number of hydrogen-bond donors (Lipinski definition) is 3. The van der Waals surface area contributed by atoms with E-state index in [4.69, 9.17) is 0 Å². The van der Waals surface area contributed by atoms with Crippen molar-refractivity contribution in [3.63, 3.8) is 0 Å². The Morgan fingerprint density at radius 1 is 1.50 bits per heavy atom. The maximum atomic E-state index is 12.3. The van der Waals surface area contributed by atoms with E-state index in [1.165, 1.54) is 0 Å². The number of thioether (sulfide) groups is 1. The predicted molar refractivity (Wildman–Crippen MR) is 74.3 cm³/mol. The molecule has 104 valence electrons.